The van der Waals surface area contributed by atoms with Gasteiger partial charge in [0.05, 0.1) is 0 Å². The van der Waals surface area contributed by atoms with Crippen LogP contribution in [0.2, 0.25) is 0 Å². The summed E-state index contributed by atoms with van der Waals surface area (Å²) in [5, 5.41) is 8.44. The molecule has 0 saturated carbocycles. The molecular weight excluding hydrogens is 156 g/mol. The summed E-state index contributed by atoms with van der Waals surface area (Å²) in [5.41, 5.74) is 0. The van der Waals surface area contributed by atoms with Gasteiger partial charge in [-0.2, -0.15) is 0 Å². The molecule has 0 aliphatic heterocycles. The van der Waals surface area contributed by atoms with Crippen LogP contribution in [0.5, 0.6) is 0 Å². The van der Waals surface area contributed by atoms with E-state index < -0.39 is 0 Å². The van der Waals surface area contributed by atoms with Crippen molar-refractivity contribution in [2.45, 2.75) is 25.7 Å². The van der Waals surface area contributed by atoms with Crippen molar-refractivity contribution in [2.24, 2.45) is 0 Å². The Labute approximate surface area is 73.0 Å². The van der Waals surface area contributed by atoms with E-state index in [0.717, 1.165) is 19.3 Å². The summed E-state index contributed by atoms with van der Waals surface area (Å²) in [4.78, 5) is 10.8. The summed E-state index contributed by atoms with van der Waals surface area (Å²) >= 11 is 0. The van der Waals surface area contributed by atoms with Gasteiger partial charge in [0.1, 0.15) is 6.61 Å². The van der Waals surface area contributed by atoms with Gasteiger partial charge in [-0.25, -0.2) is 0 Å². The van der Waals surface area contributed by atoms with Gasteiger partial charge in [-0.3, -0.25) is 4.79 Å². The lowest BCUT2D eigenvalue weighted by Crippen LogP contribution is -2.03. The first-order chi connectivity index (χ1) is 5.81. The fourth-order valence-corrected chi connectivity index (χ4v) is 0.782. The average Bonchev–Trinajstić information content (AvgIpc) is 2.09. The fraction of sp³-hybridized carbons (Fsp3) is 0.667. The van der Waals surface area contributed by atoms with Crippen LogP contribution in [0.15, 0.2) is 12.7 Å². The number of aliphatic hydroxyl groups is 1. The van der Waals surface area contributed by atoms with E-state index in [1.165, 1.54) is 0 Å². The van der Waals surface area contributed by atoms with E-state index in [4.69, 9.17) is 9.84 Å². The molecule has 0 aromatic carbocycles. The molecule has 0 aliphatic rings. The molecule has 0 atom stereocenters. The Balaban J connectivity index is 3.13. The van der Waals surface area contributed by atoms with Crippen LogP contribution in [-0.2, 0) is 9.53 Å². The molecule has 0 heterocycles. The second-order valence-electron chi connectivity index (χ2n) is 2.51. The first-order valence-electron chi connectivity index (χ1n) is 4.18. The highest BCUT2D eigenvalue weighted by molar-refractivity contribution is 5.69. The number of aliphatic hydroxyl groups excluding tert-OH is 1. The van der Waals surface area contributed by atoms with E-state index in [2.05, 4.69) is 6.58 Å². The number of unbranched alkanes of at least 4 members (excludes halogenated alkanes) is 2. The normalized spacial score (nSPS) is 9.42. The number of carbonyl (C=O) groups is 1. The van der Waals surface area contributed by atoms with Gasteiger partial charge in [-0.05, 0) is 12.8 Å². The Hall–Kier alpha value is -0.830. The molecule has 0 radical (unpaired) electrons. The monoisotopic (exact) mass is 172 g/mol. The summed E-state index contributed by atoms with van der Waals surface area (Å²) in [7, 11) is 0. The second-order valence-corrected chi connectivity index (χ2v) is 2.51. The Morgan fingerprint density at radius 2 is 2.17 bits per heavy atom. The van der Waals surface area contributed by atoms with Gasteiger partial charge in [0.15, 0.2) is 0 Å². The van der Waals surface area contributed by atoms with Crippen LogP contribution in [0, 0.1) is 0 Å². The fourth-order valence-electron chi connectivity index (χ4n) is 0.782. The molecule has 0 amide bonds. The molecule has 0 bridgehead atoms. The number of esters is 1. The average molecular weight is 172 g/mol. The zero-order valence-electron chi connectivity index (χ0n) is 7.29. The molecule has 0 saturated heterocycles. The first-order valence-corrected chi connectivity index (χ1v) is 4.18. The zero-order chi connectivity index (χ0) is 9.23. The molecule has 1 N–H and O–H groups in total. The topological polar surface area (TPSA) is 46.5 Å². The van der Waals surface area contributed by atoms with Crippen LogP contribution in [0.3, 0.4) is 0 Å². The first kappa shape index (κ1) is 11.2. The van der Waals surface area contributed by atoms with Crippen LogP contribution in [0.4, 0.5) is 0 Å². The van der Waals surface area contributed by atoms with Gasteiger partial charge < -0.3 is 9.84 Å². The Morgan fingerprint density at radius 3 is 2.75 bits per heavy atom. The predicted octanol–water partition coefficient (Wildman–Crippen LogP) is 1.27. The Morgan fingerprint density at radius 1 is 1.42 bits per heavy atom. The maximum atomic E-state index is 10.8. The maximum Gasteiger partial charge on any atom is 0.306 e. The molecule has 3 nitrogen and oxygen atoms in total. The minimum Gasteiger partial charge on any atom is -0.461 e. The van der Waals surface area contributed by atoms with Gasteiger partial charge >= 0.3 is 5.97 Å². The third kappa shape index (κ3) is 7.28. The molecule has 0 aromatic rings. The van der Waals surface area contributed by atoms with Crippen molar-refractivity contribution in [2.75, 3.05) is 13.2 Å². The second kappa shape index (κ2) is 8.27. The van der Waals surface area contributed by atoms with Crippen molar-refractivity contribution in [1.82, 2.24) is 0 Å². The third-order valence-corrected chi connectivity index (χ3v) is 1.40. The summed E-state index contributed by atoms with van der Waals surface area (Å²) in [5.74, 6) is -0.187. The van der Waals surface area contributed by atoms with Gasteiger partial charge in [-0.15, -0.1) is 0 Å². The molecule has 3 heteroatoms. The minimum absolute atomic E-state index is 0.187. The third-order valence-electron chi connectivity index (χ3n) is 1.40. The predicted molar refractivity (Wildman–Crippen MR) is 46.7 cm³/mol. The van der Waals surface area contributed by atoms with E-state index in [1.54, 1.807) is 6.08 Å². The van der Waals surface area contributed by atoms with Crippen LogP contribution >= 0.6 is 0 Å². The number of hydrogen-bond acceptors (Lipinski definition) is 3. The largest absolute Gasteiger partial charge is 0.461 e. The summed E-state index contributed by atoms with van der Waals surface area (Å²) in [6, 6.07) is 0. The molecule has 0 fully saturated rings. The zero-order valence-corrected chi connectivity index (χ0v) is 7.29. The molecule has 0 unspecified atom stereocenters. The van der Waals surface area contributed by atoms with Crippen molar-refractivity contribution in [3.05, 3.63) is 12.7 Å². The lowest BCUT2D eigenvalue weighted by Gasteiger charge is -2.00. The quantitative estimate of drug-likeness (QED) is 0.357. The molecule has 0 aromatic heterocycles. The number of ether oxygens (including phenoxy) is 1. The molecule has 70 valence electrons. The Bertz CT molecular complexity index is 132. The summed E-state index contributed by atoms with van der Waals surface area (Å²) in [6.07, 6.45) is 4.41. The molecule has 0 spiro atoms. The number of carbonyl (C=O) groups excluding carboxylic acids is 1. The van der Waals surface area contributed by atoms with Gasteiger partial charge in [0.25, 0.3) is 0 Å². The number of rotatable bonds is 7. The van der Waals surface area contributed by atoms with E-state index >= 15 is 0 Å². The van der Waals surface area contributed by atoms with E-state index in [1.807, 2.05) is 0 Å². The smallest absolute Gasteiger partial charge is 0.306 e. The van der Waals surface area contributed by atoms with Crippen LogP contribution in [0.1, 0.15) is 25.7 Å². The standard InChI is InChI=1S/C9H16O3/c1-2-8-12-9(11)6-4-3-5-7-10/h2,10H,1,3-8H2. The molecular formula is C9H16O3. The van der Waals surface area contributed by atoms with Crippen molar-refractivity contribution in [3.8, 4) is 0 Å². The lowest BCUT2D eigenvalue weighted by molar-refractivity contribution is -0.142. The van der Waals surface area contributed by atoms with Crippen molar-refractivity contribution in [1.29, 1.82) is 0 Å². The van der Waals surface area contributed by atoms with Gasteiger partial charge in [0.2, 0.25) is 0 Å². The van der Waals surface area contributed by atoms with Crippen molar-refractivity contribution >= 4 is 5.97 Å². The molecule has 12 heavy (non-hydrogen) atoms. The van der Waals surface area contributed by atoms with E-state index in [9.17, 15) is 4.79 Å². The SMILES string of the molecule is C=CCOC(=O)CCCCCO. The van der Waals surface area contributed by atoms with Crippen LogP contribution < -0.4 is 0 Å². The molecule has 0 aliphatic carbocycles. The van der Waals surface area contributed by atoms with Crippen LogP contribution in [0.25, 0.3) is 0 Å². The van der Waals surface area contributed by atoms with Gasteiger partial charge in [-0.1, -0.05) is 19.1 Å². The van der Waals surface area contributed by atoms with Gasteiger partial charge in [0, 0.05) is 13.0 Å². The number of hydrogen-bond donors (Lipinski definition) is 1. The lowest BCUT2D eigenvalue weighted by atomic mass is 10.2. The highest BCUT2D eigenvalue weighted by Gasteiger charge is 1.99. The van der Waals surface area contributed by atoms with Crippen molar-refractivity contribution in [3.63, 3.8) is 0 Å². The minimum atomic E-state index is -0.187. The van der Waals surface area contributed by atoms with E-state index in [-0.39, 0.29) is 12.6 Å². The molecule has 0 rings (SSSR count). The Kier molecular flexibility index (Phi) is 7.70. The highest BCUT2D eigenvalue weighted by Crippen LogP contribution is 2.00. The maximum absolute atomic E-state index is 10.8. The van der Waals surface area contributed by atoms with Crippen LogP contribution in [-0.4, -0.2) is 24.3 Å². The summed E-state index contributed by atoms with van der Waals surface area (Å²) < 4.78 is 4.75. The van der Waals surface area contributed by atoms with Crippen molar-refractivity contribution < 1.29 is 14.6 Å². The van der Waals surface area contributed by atoms with E-state index in [0.29, 0.717) is 13.0 Å². The summed E-state index contributed by atoms with van der Waals surface area (Å²) in [6.45, 7) is 3.92. The highest BCUT2D eigenvalue weighted by atomic mass is 16.5.